The minimum Gasteiger partial charge on any atom is -0.394 e. The molecule has 0 aliphatic carbocycles. The van der Waals surface area contributed by atoms with Crippen molar-refractivity contribution in [3.8, 4) is 0 Å². The number of hydrogen-bond donors (Lipinski definition) is 1. The number of rotatable bonds is 12. The van der Waals surface area contributed by atoms with E-state index in [1.807, 2.05) is 71.9 Å². The normalized spacial score (nSPS) is 31.0. The Hall–Kier alpha value is -2.97. The van der Waals surface area contributed by atoms with Crippen molar-refractivity contribution >= 4 is 23.4 Å². The van der Waals surface area contributed by atoms with Crippen molar-refractivity contribution in [1.82, 2.24) is 9.80 Å². The molecule has 0 radical (unpaired) electrons. The van der Waals surface area contributed by atoms with Crippen LogP contribution in [-0.2, 0) is 19.1 Å². The van der Waals surface area contributed by atoms with E-state index in [9.17, 15) is 19.5 Å². The Bertz CT molecular complexity index is 1170. The summed E-state index contributed by atoms with van der Waals surface area (Å²) in [7, 11) is 0. The summed E-state index contributed by atoms with van der Waals surface area (Å²) < 4.78 is 6.93. The van der Waals surface area contributed by atoms with Crippen LogP contribution in [0.3, 0.4) is 0 Å². The summed E-state index contributed by atoms with van der Waals surface area (Å²) >= 11 is 0. The molecule has 3 amide bonds. The van der Waals surface area contributed by atoms with Gasteiger partial charge < -0.3 is 24.5 Å². The number of anilines is 1. The second-order valence-corrected chi connectivity index (χ2v) is 12.9. The molecule has 1 N–H and O–H groups in total. The van der Waals surface area contributed by atoms with Crippen molar-refractivity contribution < 1.29 is 24.2 Å². The van der Waals surface area contributed by atoms with E-state index in [0.717, 1.165) is 0 Å². The summed E-state index contributed by atoms with van der Waals surface area (Å²) in [5.74, 6) is -2.28. The van der Waals surface area contributed by atoms with Crippen LogP contribution in [0.1, 0.15) is 54.4 Å². The van der Waals surface area contributed by atoms with Gasteiger partial charge in [0.1, 0.15) is 11.6 Å². The molecule has 7 atom stereocenters. The monoisotopic (exact) mass is 565 g/mol. The molecule has 3 heterocycles. The first kappa shape index (κ1) is 31.0. The molecule has 3 fully saturated rings. The van der Waals surface area contributed by atoms with E-state index in [1.54, 1.807) is 26.9 Å². The number of amides is 3. The largest absolute Gasteiger partial charge is 0.394 e. The number of carbonyl (C=O) groups excluding carboxylic acids is 3. The fraction of sp³-hybridized carbons (Fsp3) is 0.606. The molecule has 8 heteroatoms. The van der Waals surface area contributed by atoms with Crippen molar-refractivity contribution in [3.05, 3.63) is 55.6 Å². The molecule has 1 aromatic carbocycles. The Kier molecular flexibility index (Phi) is 8.86. The summed E-state index contributed by atoms with van der Waals surface area (Å²) in [6.07, 6.45) is 4.36. The van der Waals surface area contributed by atoms with E-state index in [2.05, 4.69) is 13.2 Å². The average molecular weight is 566 g/mol. The number of likely N-dealkylation sites (tertiary alicyclic amines) is 1. The SMILES string of the molecule is C=CCN(C(=O)[C@@H]1[C@H]2C(=O)N([C@@H](CO)CC(C)C)C(C(=O)N(CC=C)C(C)C)C23CC(C)[C@@]1(C)O3)c1ccccc1. The van der Waals surface area contributed by atoms with Gasteiger partial charge in [-0.25, -0.2) is 0 Å². The molecule has 1 spiro atoms. The van der Waals surface area contributed by atoms with Gasteiger partial charge in [0, 0.05) is 24.8 Å². The zero-order chi connectivity index (χ0) is 30.3. The maximum absolute atomic E-state index is 14.7. The molecule has 2 bridgehead atoms. The third-order valence-electron chi connectivity index (χ3n) is 9.48. The summed E-state index contributed by atoms with van der Waals surface area (Å²) in [5, 5.41) is 10.6. The number of aliphatic hydroxyl groups excluding tert-OH is 1. The number of benzene rings is 1. The predicted octanol–water partition coefficient (Wildman–Crippen LogP) is 4.05. The maximum Gasteiger partial charge on any atom is 0.248 e. The zero-order valence-electron chi connectivity index (χ0n) is 25.5. The van der Waals surface area contributed by atoms with E-state index < -0.39 is 35.1 Å². The molecule has 3 aliphatic heterocycles. The van der Waals surface area contributed by atoms with Crippen LogP contribution in [0.2, 0.25) is 0 Å². The van der Waals surface area contributed by atoms with Crippen molar-refractivity contribution in [2.75, 3.05) is 24.6 Å². The molecule has 3 unspecified atom stereocenters. The van der Waals surface area contributed by atoms with E-state index >= 15 is 0 Å². The van der Waals surface area contributed by atoms with Crippen LogP contribution in [0.5, 0.6) is 0 Å². The smallest absolute Gasteiger partial charge is 0.248 e. The number of hydrogen-bond acceptors (Lipinski definition) is 5. The summed E-state index contributed by atoms with van der Waals surface area (Å²) in [6, 6.07) is 7.70. The first-order chi connectivity index (χ1) is 19.4. The first-order valence-corrected chi connectivity index (χ1v) is 14.9. The Morgan fingerprint density at radius 2 is 1.76 bits per heavy atom. The quantitative estimate of drug-likeness (QED) is 0.387. The van der Waals surface area contributed by atoms with Crippen LogP contribution in [0, 0.1) is 23.7 Å². The van der Waals surface area contributed by atoms with E-state index in [0.29, 0.717) is 25.1 Å². The van der Waals surface area contributed by atoms with Gasteiger partial charge in [-0.15, -0.1) is 13.2 Å². The van der Waals surface area contributed by atoms with E-state index in [-0.39, 0.29) is 48.8 Å². The molecule has 3 aliphatic rings. The number of nitrogens with zero attached hydrogens (tertiary/aromatic N) is 3. The lowest BCUT2D eigenvalue weighted by molar-refractivity contribution is -0.156. The zero-order valence-corrected chi connectivity index (χ0v) is 25.5. The first-order valence-electron chi connectivity index (χ1n) is 14.9. The minimum atomic E-state index is -1.18. The van der Waals surface area contributed by atoms with Gasteiger partial charge in [0.25, 0.3) is 0 Å². The average Bonchev–Trinajstić information content (AvgIpc) is 3.45. The van der Waals surface area contributed by atoms with E-state index in [4.69, 9.17) is 4.74 Å². The van der Waals surface area contributed by atoms with Crippen molar-refractivity contribution in [1.29, 1.82) is 0 Å². The Labute approximate surface area is 245 Å². The number of fused-ring (bicyclic) bond motifs is 1. The van der Waals surface area contributed by atoms with Crippen molar-refractivity contribution in [3.63, 3.8) is 0 Å². The highest BCUT2D eigenvalue weighted by atomic mass is 16.5. The molecular weight excluding hydrogens is 518 g/mol. The van der Waals surface area contributed by atoms with Crippen LogP contribution < -0.4 is 4.90 Å². The van der Waals surface area contributed by atoms with Crippen LogP contribution in [0.15, 0.2) is 55.6 Å². The molecule has 224 valence electrons. The van der Waals surface area contributed by atoms with Crippen LogP contribution in [0.25, 0.3) is 0 Å². The highest BCUT2D eigenvalue weighted by Crippen LogP contribution is 2.66. The van der Waals surface area contributed by atoms with Crippen molar-refractivity contribution in [2.45, 2.75) is 83.7 Å². The van der Waals surface area contributed by atoms with Gasteiger partial charge in [-0.3, -0.25) is 14.4 Å². The van der Waals surface area contributed by atoms with Crippen LogP contribution >= 0.6 is 0 Å². The number of aliphatic hydroxyl groups is 1. The van der Waals surface area contributed by atoms with Crippen LogP contribution in [0.4, 0.5) is 5.69 Å². The predicted molar refractivity (Wildman–Crippen MR) is 160 cm³/mol. The second-order valence-electron chi connectivity index (χ2n) is 12.9. The van der Waals surface area contributed by atoms with Gasteiger partial charge in [0.05, 0.1) is 30.1 Å². The van der Waals surface area contributed by atoms with Gasteiger partial charge in [0.2, 0.25) is 17.7 Å². The van der Waals surface area contributed by atoms with Gasteiger partial charge in [-0.1, -0.05) is 51.1 Å². The van der Waals surface area contributed by atoms with Gasteiger partial charge in [-0.05, 0) is 57.6 Å². The van der Waals surface area contributed by atoms with Gasteiger partial charge in [-0.2, -0.15) is 0 Å². The molecule has 3 saturated heterocycles. The summed E-state index contributed by atoms with van der Waals surface area (Å²) in [6.45, 7) is 19.9. The molecular formula is C33H47N3O5. The number of carbonyl (C=O) groups is 3. The number of para-hydroxylation sites is 1. The maximum atomic E-state index is 14.7. The second kappa shape index (κ2) is 11.7. The molecule has 1 aromatic rings. The number of ether oxygens (including phenoxy) is 1. The lowest BCUT2D eigenvalue weighted by Crippen LogP contribution is -2.60. The minimum absolute atomic E-state index is 0.0818. The molecule has 0 saturated carbocycles. The van der Waals surface area contributed by atoms with Gasteiger partial charge >= 0.3 is 0 Å². The van der Waals surface area contributed by atoms with E-state index in [1.165, 1.54) is 0 Å². The van der Waals surface area contributed by atoms with Gasteiger partial charge in [0.15, 0.2) is 0 Å². The molecule has 4 rings (SSSR count). The van der Waals surface area contributed by atoms with Crippen LogP contribution in [-0.4, -0.2) is 81.7 Å². The summed E-state index contributed by atoms with van der Waals surface area (Å²) in [5.41, 5.74) is -1.41. The molecule has 41 heavy (non-hydrogen) atoms. The third-order valence-corrected chi connectivity index (χ3v) is 9.48. The lowest BCUT2D eigenvalue weighted by atomic mass is 9.62. The highest BCUT2D eigenvalue weighted by Gasteiger charge is 2.80. The molecule has 0 aromatic heterocycles. The fourth-order valence-corrected chi connectivity index (χ4v) is 7.62. The summed E-state index contributed by atoms with van der Waals surface area (Å²) in [4.78, 5) is 48.7. The lowest BCUT2D eigenvalue weighted by Gasteiger charge is -2.41. The fourth-order valence-electron chi connectivity index (χ4n) is 7.62. The standard InChI is InChI=1S/C33H47N3O5/c1-9-16-34(22(5)6)31(40)28-33-19-23(7)32(8,41-33)26(27(33)30(39)36(28)25(20-37)18-21(3)4)29(38)35(17-10-2)24-14-12-11-13-15-24/h9-15,21-23,25-28,37H,1-2,16-20H2,3-8H3/t23?,25-,26+,27+,28?,32-,33?/m1/s1. The molecule has 8 nitrogen and oxygen atoms in total. The van der Waals surface area contributed by atoms with Crippen molar-refractivity contribution in [2.24, 2.45) is 23.7 Å². The third kappa shape index (κ3) is 4.93. The Balaban J connectivity index is 1.88. The Morgan fingerprint density at radius 1 is 1.12 bits per heavy atom. The Morgan fingerprint density at radius 3 is 2.29 bits per heavy atom. The highest BCUT2D eigenvalue weighted by molar-refractivity contribution is 6.03. The topological polar surface area (TPSA) is 90.4 Å².